The summed E-state index contributed by atoms with van der Waals surface area (Å²) in [7, 11) is 0. The number of halogens is 1. The summed E-state index contributed by atoms with van der Waals surface area (Å²) < 4.78 is 11.7. The van der Waals surface area contributed by atoms with Crippen molar-refractivity contribution in [1.29, 1.82) is 0 Å². The van der Waals surface area contributed by atoms with Crippen molar-refractivity contribution in [3.05, 3.63) is 33.8 Å². The van der Waals surface area contributed by atoms with Gasteiger partial charge < -0.3 is 14.4 Å². The second-order valence-electron chi connectivity index (χ2n) is 5.18. The van der Waals surface area contributed by atoms with Crippen LogP contribution in [0.15, 0.2) is 28.2 Å². The van der Waals surface area contributed by atoms with E-state index in [2.05, 4.69) is 15.9 Å². The second-order valence-corrected chi connectivity index (χ2v) is 7.16. The topological polar surface area (TPSA) is 55.8 Å². The summed E-state index contributed by atoms with van der Waals surface area (Å²) in [6.07, 6.45) is 2.04. The van der Waals surface area contributed by atoms with Crippen LogP contribution in [0.2, 0.25) is 0 Å². The minimum Gasteiger partial charge on any atom is -0.489 e. The van der Waals surface area contributed by atoms with Crippen LogP contribution in [0.1, 0.15) is 12.5 Å². The fourth-order valence-electron chi connectivity index (χ4n) is 2.59. The number of rotatable bonds is 4. The molecule has 2 aliphatic rings. The third kappa shape index (κ3) is 3.55. The maximum atomic E-state index is 12.1. The van der Waals surface area contributed by atoms with Gasteiger partial charge in [0, 0.05) is 15.6 Å². The first kappa shape index (κ1) is 16.4. The average Bonchev–Trinajstić information content (AvgIpc) is 2.88. The molecule has 1 aromatic rings. The number of thioether (sulfide) groups is 1. The molecule has 2 heterocycles. The SMILES string of the molecule is CCOC(=O)CN1C(=O)CSC1C1=Cc2cc(Br)ccc2OC1. The summed E-state index contributed by atoms with van der Waals surface area (Å²) in [4.78, 5) is 25.4. The van der Waals surface area contributed by atoms with Gasteiger partial charge in [0.2, 0.25) is 5.91 Å². The van der Waals surface area contributed by atoms with Crippen molar-refractivity contribution in [2.45, 2.75) is 12.3 Å². The van der Waals surface area contributed by atoms with Gasteiger partial charge in [-0.25, -0.2) is 0 Å². The Morgan fingerprint density at radius 1 is 1.52 bits per heavy atom. The van der Waals surface area contributed by atoms with Crippen molar-refractivity contribution in [3.63, 3.8) is 0 Å². The molecule has 2 aliphatic heterocycles. The van der Waals surface area contributed by atoms with E-state index in [4.69, 9.17) is 9.47 Å². The highest BCUT2D eigenvalue weighted by molar-refractivity contribution is 9.10. The largest absolute Gasteiger partial charge is 0.489 e. The molecule has 0 aliphatic carbocycles. The van der Waals surface area contributed by atoms with E-state index >= 15 is 0 Å². The Hall–Kier alpha value is -1.47. The third-order valence-corrected chi connectivity index (χ3v) is 5.38. The fourth-order valence-corrected chi connectivity index (χ4v) is 4.15. The predicted octanol–water partition coefficient (Wildman–Crippen LogP) is 2.69. The molecule has 7 heteroatoms. The molecule has 1 aromatic carbocycles. The Bertz CT molecular complexity index is 676. The maximum Gasteiger partial charge on any atom is 0.325 e. The van der Waals surface area contributed by atoms with E-state index < -0.39 is 0 Å². The van der Waals surface area contributed by atoms with E-state index in [9.17, 15) is 9.59 Å². The molecule has 1 unspecified atom stereocenters. The van der Waals surface area contributed by atoms with Crippen molar-refractivity contribution >= 4 is 45.6 Å². The maximum absolute atomic E-state index is 12.1. The van der Waals surface area contributed by atoms with E-state index in [0.29, 0.717) is 19.0 Å². The van der Waals surface area contributed by atoms with Crippen LogP contribution in [0.4, 0.5) is 0 Å². The quantitative estimate of drug-likeness (QED) is 0.731. The van der Waals surface area contributed by atoms with Crippen LogP contribution in [0.5, 0.6) is 5.75 Å². The van der Waals surface area contributed by atoms with Crippen molar-refractivity contribution in [2.75, 3.05) is 25.5 Å². The Kier molecular flexibility index (Phi) is 4.96. The number of esters is 1. The van der Waals surface area contributed by atoms with Crippen LogP contribution < -0.4 is 4.74 Å². The van der Waals surface area contributed by atoms with Crippen molar-refractivity contribution in [1.82, 2.24) is 4.90 Å². The smallest absolute Gasteiger partial charge is 0.325 e. The number of fused-ring (bicyclic) bond motifs is 1. The van der Waals surface area contributed by atoms with Crippen molar-refractivity contribution < 1.29 is 19.1 Å². The van der Waals surface area contributed by atoms with Crippen LogP contribution in [0.25, 0.3) is 6.08 Å². The van der Waals surface area contributed by atoms with Crippen molar-refractivity contribution in [2.24, 2.45) is 0 Å². The molecule has 0 spiro atoms. The zero-order valence-electron chi connectivity index (χ0n) is 12.6. The number of amides is 1. The number of carbonyl (C=O) groups excluding carboxylic acids is 2. The molecule has 3 rings (SSSR count). The molecule has 5 nitrogen and oxygen atoms in total. The molecular formula is C16H16BrNO4S. The molecule has 1 atom stereocenters. The second kappa shape index (κ2) is 6.97. The van der Waals surface area contributed by atoms with Gasteiger partial charge in [0.05, 0.1) is 12.4 Å². The highest BCUT2D eigenvalue weighted by atomic mass is 79.9. The van der Waals surface area contributed by atoms with Gasteiger partial charge in [0.1, 0.15) is 24.3 Å². The number of hydrogen-bond acceptors (Lipinski definition) is 5. The van der Waals surface area contributed by atoms with Gasteiger partial charge in [-0.2, -0.15) is 0 Å². The average molecular weight is 398 g/mol. The van der Waals surface area contributed by atoms with E-state index in [-0.39, 0.29) is 23.8 Å². The zero-order chi connectivity index (χ0) is 16.4. The molecule has 1 fully saturated rings. The number of benzene rings is 1. The number of nitrogens with zero attached hydrogens (tertiary/aromatic N) is 1. The summed E-state index contributed by atoms with van der Waals surface area (Å²) in [5.74, 6) is 0.762. The Morgan fingerprint density at radius 3 is 3.13 bits per heavy atom. The lowest BCUT2D eigenvalue weighted by molar-refractivity contribution is -0.148. The van der Waals surface area contributed by atoms with E-state index in [1.807, 2.05) is 24.3 Å². The Balaban J connectivity index is 1.82. The lowest BCUT2D eigenvalue weighted by atomic mass is 10.1. The van der Waals surface area contributed by atoms with Crippen molar-refractivity contribution in [3.8, 4) is 5.75 Å². The number of ether oxygens (including phenoxy) is 2. The van der Waals surface area contributed by atoms with Gasteiger partial charge >= 0.3 is 5.97 Å². The van der Waals surface area contributed by atoms with Gasteiger partial charge in [0.25, 0.3) is 0 Å². The standard InChI is InChI=1S/C16H16BrNO4S/c1-2-21-15(20)7-18-14(19)9-23-16(18)11-5-10-6-12(17)3-4-13(10)22-8-11/h3-6,16H,2,7-9H2,1H3. The summed E-state index contributed by atoms with van der Waals surface area (Å²) in [6, 6.07) is 5.82. The van der Waals surface area contributed by atoms with Gasteiger partial charge in [-0.3, -0.25) is 9.59 Å². The summed E-state index contributed by atoms with van der Waals surface area (Å²) in [6.45, 7) is 2.46. The minimum atomic E-state index is -0.381. The third-order valence-electron chi connectivity index (χ3n) is 3.60. The molecule has 0 aromatic heterocycles. The highest BCUT2D eigenvalue weighted by Gasteiger charge is 2.36. The first-order valence-corrected chi connectivity index (χ1v) is 9.12. The lowest BCUT2D eigenvalue weighted by Gasteiger charge is -2.28. The Morgan fingerprint density at radius 2 is 2.35 bits per heavy atom. The van der Waals surface area contributed by atoms with E-state index in [0.717, 1.165) is 21.4 Å². The van der Waals surface area contributed by atoms with E-state index in [1.54, 1.807) is 11.8 Å². The van der Waals surface area contributed by atoms with Gasteiger partial charge in [-0.15, -0.1) is 11.8 Å². The van der Waals surface area contributed by atoms with Gasteiger partial charge in [-0.1, -0.05) is 15.9 Å². The highest BCUT2D eigenvalue weighted by Crippen LogP contribution is 2.36. The van der Waals surface area contributed by atoms with Gasteiger partial charge in [-0.05, 0) is 31.2 Å². The molecule has 0 radical (unpaired) electrons. The molecule has 122 valence electrons. The van der Waals surface area contributed by atoms with Crippen LogP contribution in [0.3, 0.4) is 0 Å². The van der Waals surface area contributed by atoms with Gasteiger partial charge in [0.15, 0.2) is 0 Å². The normalized spacial score (nSPS) is 19.9. The molecule has 1 saturated heterocycles. The summed E-state index contributed by atoms with van der Waals surface area (Å²) in [5, 5.41) is -0.181. The summed E-state index contributed by atoms with van der Waals surface area (Å²) in [5.41, 5.74) is 1.95. The molecule has 0 saturated carbocycles. The van der Waals surface area contributed by atoms with Crippen LogP contribution in [0, 0.1) is 0 Å². The molecule has 0 bridgehead atoms. The fraction of sp³-hybridized carbons (Fsp3) is 0.375. The predicted molar refractivity (Wildman–Crippen MR) is 92.2 cm³/mol. The molecule has 1 amide bonds. The van der Waals surface area contributed by atoms with Crippen LogP contribution >= 0.6 is 27.7 Å². The zero-order valence-corrected chi connectivity index (χ0v) is 15.0. The van der Waals surface area contributed by atoms with Crippen LogP contribution in [-0.4, -0.2) is 47.7 Å². The molecule has 0 N–H and O–H groups in total. The first-order chi connectivity index (χ1) is 11.1. The molecular weight excluding hydrogens is 382 g/mol. The first-order valence-electron chi connectivity index (χ1n) is 7.28. The number of hydrogen-bond donors (Lipinski definition) is 0. The molecule has 23 heavy (non-hydrogen) atoms. The minimum absolute atomic E-state index is 0.0208. The Labute approximate surface area is 147 Å². The monoisotopic (exact) mass is 397 g/mol. The lowest BCUT2D eigenvalue weighted by Crippen LogP contribution is -2.40. The van der Waals surface area contributed by atoms with Crippen LogP contribution in [-0.2, 0) is 14.3 Å². The van der Waals surface area contributed by atoms with E-state index in [1.165, 1.54) is 11.8 Å². The summed E-state index contributed by atoms with van der Waals surface area (Å²) >= 11 is 4.96. The number of carbonyl (C=O) groups is 2.